The molecule has 0 spiro atoms. The predicted octanol–water partition coefficient (Wildman–Crippen LogP) is 2.12. The zero-order chi connectivity index (χ0) is 21.8. The van der Waals surface area contributed by atoms with Crippen LogP contribution in [0.15, 0.2) is 41.3 Å². The third kappa shape index (κ3) is 6.80. The lowest BCUT2D eigenvalue weighted by Crippen LogP contribution is -2.28. The van der Waals surface area contributed by atoms with Gasteiger partial charge in [0.25, 0.3) is 0 Å². The normalized spacial score (nSPS) is 11.9. The van der Waals surface area contributed by atoms with Gasteiger partial charge in [0.05, 0.1) is 16.8 Å². The Bertz CT molecular complexity index is 1130. The average Bonchev–Trinajstić information content (AvgIpc) is 2.58. The summed E-state index contributed by atoms with van der Waals surface area (Å²) in [5.74, 6) is -1.32. The van der Waals surface area contributed by atoms with Crippen molar-refractivity contribution in [1.82, 2.24) is 4.72 Å². The molecule has 0 aliphatic rings. The molecular weight excluding hydrogens is 421 g/mol. The van der Waals surface area contributed by atoms with Gasteiger partial charge >= 0.3 is 0 Å². The van der Waals surface area contributed by atoms with Crippen molar-refractivity contribution in [3.8, 4) is 0 Å². The molecule has 0 aromatic heterocycles. The molecule has 1 amide bonds. The van der Waals surface area contributed by atoms with Gasteiger partial charge in [-0.25, -0.2) is 25.9 Å². The lowest BCUT2D eigenvalue weighted by molar-refractivity contribution is -0.116. The van der Waals surface area contributed by atoms with Crippen LogP contribution in [-0.2, 0) is 24.8 Å². The highest BCUT2D eigenvalue weighted by Gasteiger charge is 2.15. The Labute approximate surface area is 169 Å². The van der Waals surface area contributed by atoms with Crippen molar-refractivity contribution >= 4 is 37.3 Å². The van der Waals surface area contributed by atoms with Crippen molar-refractivity contribution < 1.29 is 26.0 Å². The summed E-state index contributed by atoms with van der Waals surface area (Å²) in [6.07, 6.45) is 0.704. The molecule has 2 aromatic rings. The van der Waals surface area contributed by atoms with E-state index in [-0.39, 0.29) is 29.2 Å². The largest absolute Gasteiger partial charge is 0.326 e. The molecule has 0 radical (unpaired) electrons. The molecule has 8 nitrogen and oxygen atoms in total. The summed E-state index contributed by atoms with van der Waals surface area (Å²) in [7, 11) is -7.44. The van der Waals surface area contributed by atoms with Gasteiger partial charge in [-0.05, 0) is 55.3 Å². The van der Waals surface area contributed by atoms with E-state index in [4.69, 9.17) is 0 Å². The number of nitrogens with one attached hydrogen (secondary N) is 3. The number of carbonyl (C=O) groups is 1. The third-order valence-corrected chi connectivity index (χ3v) is 6.03. The highest BCUT2D eigenvalue weighted by molar-refractivity contribution is 7.92. The van der Waals surface area contributed by atoms with E-state index in [1.807, 2.05) is 11.6 Å². The Balaban J connectivity index is 1.96. The molecule has 0 atom stereocenters. The minimum atomic E-state index is -3.76. The summed E-state index contributed by atoms with van der Waals surface area (Å²) in [6.45, 7) is 3.53. The Morgan fingerprint density at radius 1 is 1.00 bits per heavy atom. The second-order valence-electron chi connectivity index (χ2n) is 6.51. The van der Waals surface area contributed by atoms with Crippen molar-refractivity contribution in [3.05, 3.63) is 53.3 Å². The number of anilines is 2. The van der Waals surface area contributed by atoms with Crippen molar-refractivity contribution in [2.24, 2.45) is 0 Å². The number of benzene rings is 2. The van der Waals surface area contributed by atoms with Gasteiger partial charge in [-0.1, -0.05) is 6.07 Å². The van der Waals surface area contributed by atoms with Crippen molar-refractivity contribution in [2.45, 2.75) is 25.2 Å². The van der Waals surface area contributed by atoms with E-state index in [0.717, 1.165) is 29.5 Å². The van der Waals surface area contributed by atoms with Gasteiger partial charge in [0.1, 0.15) is 5.82 Å². The van der Waals surface area contributed by atoms with Crippen LogP contribution >= 0.6 is 0 Å². The average molecular weight is 444 g/mol. The minimum Gasteiger partial charge on any atom is -0.326 e. The van der Waals surface area contributed by atoms with Crippen LogP contribution in [0.2, 0.25) is 0 Å². The van der Waals surface area contributed by atoms with E-state index in [2.05, 4.69) is 10.0 Å². The fourth-order valence-electron chi connectivity index (χ4n) is 2.37. The van der Waals surface area contributed by atoms with Gasteiger partial charge in [0.15, 0.2) is 0 Å². The maximum absolute atomic E-state index is 13.7. The number of rotatable bonds is 8. The number of amides is 1. The molecule has 11 heteroatoms. The summed E-state index contributed by atoms with van der Waals surface area (Å²) >= 11 is 0. The summed E-state index contributed by atoms with van der Waals surface area (Å²) in [6, 6.07) is 8.14. The van der Waals surface area contributed by atoms with Crippen molar-refractivity contribution in [2.75, 3.05) is 22.8 Å². The molecule has 0 aliphatic carbocycles. The van der Waals surface area contributed by atoms with Crippen molar-refractivity contribution in [3.63, 3.8) is 0 Å². The van der Waals surface area contributed by atoms with Crippen LogP contribution in [0.5, 0.6) is 0 Å². The first-order chi connectivity index (χ1) is 13.4. The highest BCUT2D eigenvalue weighted by atomic mass is 32.2. The molecule has 0 saturated carbocycles. The molecule has 0 aliphatic heterocycles. The van der Waals surface area contributed by atoms with Crippen LogP contribution in [0.3, 0.4) is 0 Å². The molecular formula is C18H22FN3O5S2. The monoisotopic (exact) mass is 443 g/mol. The van der Waals surface area contributed by atoms with E-state index >= 15 is 0 Å². The van der Waals surface area contributed by atoms with Crippen LogP contribution in [0.25, 0.3) is 0 Å². The minimum absolute atomic E-state index is 0.107. The van der Waals surface area contributed by atoms with E-state index < -0.39 is 31.8 Å². The second kappa shape index (κ2) is 8.89. The Morgan fingerprint density at radius 2 is 1.69 bits per heavy atom. The fourth-order valence-corrected chi connectivity index (χ4v) is 4.04. The molecule has 2 aromatic carbocycles. The molecule has 2 rings (SSSR count). The van der Waals surface area contributed by atoms with E-state index in [1.165, 1.54) is 12.1 Å². The van der Waals surface area contributed by atoms with E-state index in [9.17, 15) is 26.0 Å². The Morgan fingerprint density at radius 3 is 2.31 bits per heavy atom. The molecule has 0 saturated heterocycles. The number of hydrogen-bond acceptors (Lipinski definition) is 5. The molecule has 158 valence electrons. The maximum atomic E-state index is 13.7. The number of halogens is 1. The maximum Gasteiger partial charge on any atom is 0.240 e. The number of carbonyl (C=O) groups excluding carboxylic acids is 1. The third-order valence-electron chi connectivity index (χ3n) is 3.98. The Kier molecular flexibility index (Phi) is 6.98. The smallest absolute Gasteiger partial charge is 0.240 e. The zero-order valence-electron chi connectivity index (χ0n) is 16.1. The molecule has 0 unspecified atom stereocenters. The Hall–Kier alpha value is -2.50. The van der Waals surface area contributed by atoms with Gasteiger partial charge in [-0.3, -0.25) is 9.52 Å². The summed E-state index contributed by atoms with van der Waals surface area (Å²) < 4.78 is 65.1. The van der Waals surface area contributed by atoms with Gasteiger partial charge < -0.3 is 5.32 Å². The van der Waals surface area contributed by atoms with Gasteiger partial charge in [-0.15, -0.1) is 0 Å². The molecule has 0 bridgehead atoms. The van der Waals surface area contributed by atoms with E-state index in [1.54, 1.807) is 19.1 Å². The topological polar surface area (TPSA) is 121 Å². The predicted molar refractivity (Wildman–Crippen MR) is 109 cm³/mol. The van der Waals surface area contributed by atoms with Gasteiger partial charge in [0.2, 0.25) is 26.0 Å². The van der Waals surface area contributed by atoms with E-state index in [0.29, 0.717) is 0 Å². The SMILES string of the molecule is Cc1ccc(S(=O)(=O)NCCC(=O)Nc2ccc(F)c(NS(C)(=O)=O)c2)cc1C. The second-order valence-corrected chi connectivity index (χ2v) is 10.0. The first-order valence-corrected chi connectivity index (χ1v) is 11.9. The zero-order valence-corrected chi connectivity index (χ0v) is 17.7. The van der Waals surface area contributed by atoms with Crippen LogP contribution in [-0.4, -0.2) is 35.5 Å². The lowest BCUT2D eigenvalue weighted by Gasteiger charge is -2.11. The molecule has 0 fully saturated rings. The van der Waals surface area contributed by atoms with Crippen LogP contribution < -0.4 is 14.8 Å². The highest BCUT2D eigenvalue weighted by Crippen LogP contribution is 2.20. The summed E-state index contributed by atoms with van der Waals surface area (Å²) in [5, 5.41) is 2.46. The summed E-state index contributed by atoms with van der Waals surface area (Å²) in [4.78, 5) is 12.1. The molecule has 0 heterocycles. The molecule has 29 heavy (non-hydrogen) atoms. The first-order valence-electron chi connectivity index (χ1n) is 8.51. The molecule has 3 N–H and O–H groups in total. The first kappa shape index (κ1) is 22.8. The number of aryl methyl sites for hydroxylation is 2. The summed E-state index contributed by atoms with van der Waals surface area (Å²) in [5.41, 5.74) is 1.66. The quantitative estimate of drug-likeness (QED) is 0.577. The standard InChI is InChI=1S/C18H22FN3O5S2/c1-12-4-6-15(10-13(12)2)29(26,27)20-9-8-18(23)21-14-5-7-16(19)17(11-14)22-28(3,24)25/h4-7,10-11,20,22H,8-9H2,1-3H3,(H,21,23). The number of sulfonamides is 2. The van der Waals surface area contributed by atoms with Crippen LogP contribution in [0.1, 0.15) is 17.5 Å². The van der Waals surface area contributed by atoms with Crippen LogP contribution in [0.4, 0.5) is 15.8 Å². The fraction of sp³-hybridized carbons (Fsp3) is 0.278. The van der Waals surface area contributed by atoms with Crippen LogP contribution in [0, 0.1) is 19.7 Å². The van der Waals surface area contributed by atoms with Gasteiger partial charge in [-0.2, -0.15) is 0 Å². The van der Waals surface area contributed by atoms with Gasteiger partial charge in [0, 0.05) is 18.7 Å². The number of hydrogen-bond donors (Lipinski definition) is 3. The van der Waals surface area contributed by atoms with Crippen molar-refractivity contribution in [1.29, 1.82) is 0 Å². The lowest BCUT2D eigenvalue weighted by atomic mass is 10.1.